The van der Waals surface area contributed by atoms with Gasteiger partial charge in [-0.2, -0.15) is 0 Å². The van der Waals surface area contributed by atoms with E-state index in [1.807, 2.05) is 24.3 Å². The first-order valence-electron chi connectivity index (χ1n) is 6.66. The average molecular weight is 231 g/mol. The molecule has 1 aromatic rings. The van der Waals surface area contributed by atoms with Crippen molar-refractivity contribution >= 4 is 5.91 Å². The number of rotatable bonds is 4. The Morgan fingerprint density at radius 3 is 2.47 bits per heavy atom. The largest absolute Gasteiger partial charge is 0.352 e. The molecule has 17 heavy (non-hydrogen) atoms. The molecule has 0 bridgehead atoms. The molecule has 0 heterocycles. The van der Waals surface area contributed by atoms with Crippen LogP contribution in [-0.2, 0) is 6.42 Å². The molecule has 0 spiro atoms. The van der Waals surface area contributed by atoms with Crippen LogP contribution in [0.1, 0.15) is 48.5 Å². The van der Waals surface area contributed by atoms with E-state index in [1.54, 1.807) is 0 Å². The molecule has 1 fully saturated rings. The molecule has 1 amide bonds. The van der Waals surface area contributed by atoms with E-state index < -0.39 is 0 Å². The van der Waals surface area contributed by atoms with Gasteiger partial charge in [-0.3, -0.25) is 4.79 Å². The number of hydrogen-bond donors (Lipinski definition) is 1. The van der Waals surface area contributed by atoms with Gasteiger partial charge in [-0.05, 0) is 42.9 Å². The minimum atomic E-state index is 0.0690. The fourth-order valence-corrected chi connectivity index (χ4v) is 2.45. The number of amides is 1. The highest BCUT2D eigenvalue weighted by atomic mass is 16.1. The third kappa shape index (κ3) is 3.32. The molecule has 1 saturated carbocycles. The van der Waals surface area contributed by atoms with Crippen LogP contribution in [0.25, 0.3) is 0 Å². The van der Waals surface area contributed by atoms with E-state index in [-0.39, 0.29) is 5.91 Å². The molecule has 0 aromatic heterocycles. The normalized spacial score (nSPS) is 16.1. The van der Waals surface area contributed by atoms with Crippen molar-refractivity contribution in [2.45, 2.75) is 39.0 Å². The molecule has 0 saturated heterocycles. The summed E-state index contributed by atoms with van der Waals surface area (Å²) < 4.78 is 0. The minimum absolute atomic E-state index is 0.0690. The third-order valence-electron chi connectivity index (χ3n) is 3.65. The molecule has 1 aliphatic carbocycles. The molecule has 1 N–H and O–H groups in total. The van der Waals surface area contributed by atoms with Gasteiger partial charge in [0.05, 0.1) is 0 Å². The van der Waals surface area contributed by atoms with Gasteiger partial charge in [0.2, 0.25) is 0 Å². The van der Waals surface area contributed by atoms with Gasteiger partial charge in [0.1, 0.15) is 0 Å². The molecular weight excluding hydrogens is 210 g/mol. The number of hydrogen-bond acceptors (Lipinski definition) is 1. The van der Waals surface area contributed by atoms with E-state index in [2.05, 4.69) is 12.2 Å². The van der Waals surface area contributed by atoms with E-state index >= 15 is 0 Å². The summed E-state index contributed by atoms with van der Waals surface area (Å²) in [5.41, 5.74) is 2.05. The number of aryl methyl sites for hydroxylation is 1. The maximum atomic E-state index is 11.9. The lowest BCUT2D eigenvalue weighted by molar-refractivity contribution is 0.0947. The molecule has 0 aliphatic heterocycles. The average Bonchev–Trinajstić information content (AvgIpc) is 2.89. The van der Waals surface area contributed by atoms with Crippen LogP contribution in [0.5, 0.6) is 0 Å². The molecule has 2 heteroatoms. The van der Waals surface area contributed by atoms with Gasteiger partial charge >= 0.3 is 0 Å². The smallest absolute Gasteiger partial charge is 0.251 e. The van der Waals surface area contributed by atoms with Crippen LogP contribution in [-0.4, -0.2) is 12.5 Å². The highest BCUT2D eigenvalue weighted by Gasteiger charge is 2.15. The van der Waals surface area contributed by atoms with E-state index in [9.17, 15) is 4.79 Å². The van der Waals surface area contributed by atoms with Gasteiger partial charge in [-0.15, -0.1) is 0 Å². The lowest BCUT2D eigenvalue weighted by Gasteiger charge is -2.10. The Morgan fingerprint density at radius 2 is 1.88 bits per heavy atom. The standard InChI is InChI=1S/C15H21NO/c1-2-12-7-9-14(10-8-12)15(17)16-11-13-5-3-4-6-13/h7-10,13H,2-6,11H2,1H3,(H,16,17). The summed E-state index contributed by atoms with van der Waals surface area (Å²) in [4.78, 5) is 11.9. The number of carbonyl (C=O) groups is 1. The second kappa shape index (κ2) is 5.85. The minimum Gasteiger partial charge on any atom is -0.352 e. The fourth-order valence-electron chi connectivity index (χ4n) is 2.45. The number of benzene rings is 1. The molecule has 1 aromatic carbocycles. The Bertz CT molecular complexity index is 363. The van der Waals surface area contributed by atoms with Crippen molar-refractivity contribution in [3.63, 3.8) is 0 Å². The van der Waals surface area contributed by atoms with Gasteiger partial charge in [0.15, 0.2) is 0 Å². The Kier molecular flexibility index (Phi) is 4.18. The Morgan fingerprint density at radius 1 is 1.24 bits per heavy atom. The van der Waals surface area contributed by atoms with Crippen LogP contribution in [0, 0.1) is 5.92 Å². The van der Waals surface area contributed by atoms with Crippen molar-refractivity contribution < 1.29 is 4.79 Å². The zero-order valence-electron chi connectivity index (χ0n) is 10.5. The van der Waals surface area contributed by atoms with Gasteiger partial charge < -0.3 is 5.32 Å². The molecular formula is C15H21NO. The van der Waals surface area contributed by atoms with Gasteiger partial charge in [-0.25, -0.2) is 0 Å². The van der Waals surface area contributed by atoms with E-state index in [0.717, 1.165) is 18.5 Å². The quantitative estimate of drug-likeness (QED) is 0.847. The first-order valence-corrected chi connectivity index (χ1v) is 6.66. The van der Waals surface area contributed by atoms with Crippen LogP contribution in [0.4, 0.5) is 0 Å². The molecule has 92 valence electrons. The predicted octanol–water partition coefficient (Wildman–Crippen LogP) is 3.17. The molecule has 2 nitrogen and oxygen atoms in total. The van der Waals surface area contributed by atoms with Crippen molar-refractivity contribution in [3.05, 3.63) is 35.4 Å². The fraction of sp³-hybridized carbons (Fsp3) is 0.533. The summed E-state index contributed by atoms with van der Waals surface area (Å²) >= 11 is 0. The SMILES string of the molecule is CCc1ccc(C(=O)NCC2CCCC2)cc1. The maximum Gasteiger partial charge on any atom is 0.251 e. The first-order chi connectivity index (χ1) is 8.29. The Hall–Kier alpha value is -1.31. The van der Waals surface area contributed by atoms with Crippen molar-refractivity contribution in [3.8, 4) is 0 Å². The van der Waals surface area contributed by atoms with Crippen LogP contribution in [0.2, 0.25) is 0 Å². The highest BCUT2D eigenvalue weighted by Crippen LogP contribution is 2.23. The summed E-state index contributed by atoms with van der Waals surface area (Å²) in [6, 6.07) is 7.90. The maximum absolute atomic E-state index is 11.9. The second-order valence-electron chi connectivity index (χ2n) is 4.91. The zero-order chi connectivity index (χ0) is 12.1. The van der Waals surface area contributed by atoms with Crippen molar-refractivity contribution in [2.24, 2.45) is 5.92 Å². The molecule has 2 rings (SSSR count). The van der Waals surface area contributed by atoms with Crippen LogP contribution >= 0.6 is 0 Å². The van der Waals surface area contributed by atoms with Gasteiger partial charge in [-0.1, -0.05) is 31.9 Å². The monoisotopic (exact) mass is 231 g/mol. The lowest BCUT2D eigenvalue weighted by atomic mass is 10.1. The lowest BCUT2D eigenvalue weighted by Crippen LogP contribution is -2.28. The summed E-state index contributed by atoms with van der Waals surface area (Å²) in [6.07, 6.45) is 6.21. The number of carbonyl (C=O) groups excluding carboxylic acids is 1. The summed E-state index contributed by atoms with van der Waals surface area (Å²) in [5, 5.41) is 3.04. The van der Waals surface area contributed by atoms with Crippen LogP contribution in [0.3, 0.4) is 0 Å². The van der Waals surface area contributed by atoms with Crippen molar-refractivity contribution in [1.29, 1.82) is 0 Å². The topological polar surface area (TPSA) is 29.1 Å². The van der Waals surface area contributed by atoms with Crippen molar-refractivity contribution in [2.75, 3.05) is 6.54 Å². The Labute approximate surface area is 103 Å². The first kappa shape index (κ1) is 12.2. The van der Waals surface area contributed by atoms with Gasteiger partial charge in [0, 0.05) is 12.1 Å². The summed E-state index contributed by atoms with van der Waals surface area (Å²) in [6.45, 7) is 2.96. The molecule has 0 radical (unpaired) electrons. The van der Waals surface area contributed by atoms with Crippen molar-refractivity contribution in [1.82, 2.24) is 5.32 Å². The van der Waals surface area contributed by atoms with Crippen LogP contribution < -0.4 is 5.32 Å². The predicted molar refractivity (Wildman–Crippen MR) is 70.1 cm³/mol. The second-order valence-corrected chi connectivity index (χ2v) is 4.91. The van der Waals surface area contributed by atoms with E-state index in [0.29, 0.717) is 5.92 Å². The van der Waals surface area contributed by atoms with E-state index in [4.69, 9.17) is 0 Å². The Balaban J connectivity index is 1.85. The summed E-state index contributed by atoms with van der Waals surface area (Å²) in [5.74, 6) is 0.772. The van der Waals surface area contributed by atoms with E-state index in [1.165, 1.54) is 31.2 Å². The van der Waals surface area contributed by atoms with Gasteiger partial charge in [0.25, 0.3) is 5.91 Å². The summed E-state index contributed by atoms with van der Waals surface area (Å²) in [7, 11) is 0. The number of nitrogens with one attached hydrogen (secondary N) is 1. The highest BCUT2D eigenvalue weighted by molar-refractivity contribution is 5.94. The molecule has 0 atom stereocenters. The van der Waals surface area contributed by atoms with Crippen LogP contribution in [0.15, 0.2) is 24.3 Å². The zero-order valence-corrected chi connectivity index (χ0v) is 10.5. The third-order valence-corrected chi connectivity index (χ3v) is 3.65. The molecule has 0 unspecified atom stereocenters. The molecule has 1 aliphatic rings.